The van der Waals surface area contributed by atoms with Crippen LogP contribution in [0.3, 0.4) is 0 Å². The average Bonchev–Trinajstić information content (AvgIpc) is 3.31. The molecule has 172 valence electrons. The van der Waals surface area contributed by atoms with Crippen LogP contribution in [0.1, 0.15) is 17.5 Å². The van der Waals surface area contributed by atoms with Gasteiger partial charge in [0.15, 0.2) is 5.82 Å². The summed E-state index contributed by atoms with van der Waals surface area (Å²) in [5.74, 6) is 0.844. The molecule has 0 saturated heterocycles. The number of nitrogens with zero attached hydrogens (tertiary/aromatic N) is 4. The summed E-state index contributed by atoms with van der Waals surface area (Å²) in [5.41, 5.74) is 2.01. The molecule has 0 radical (unpaired) electrons. The van der Waals surface area contributed by atoms with E-state index in [9.17, 15) is 13.2 Å². The van der Waals surface area contributed by atoms with E-state index in [0.717, 1.165) is 36.0 Å². The Bertz CT molecular complexity index is 1250. The first kappa shape index (κ1) is 22.7. The van der Waals surface area contributed by atoms with Gasteiger partial charge in [0.1, 0.15) is 5.82 Å². The third kappa shape index (κ3) is 5.14. The van der Waals surface area contributed by atoms with Crippen molar-refractivity contribution in [3.63, 3.8) is 0 Å². The minimum absolute atomic E-state index is 0.235. The Morgan fingerprint density at radius 1 is 1.03 bits per heavy atom. The number of para-hydroxylation sites is 1. The van der Waals surface area contributed by atoms with Gasteiger partial charge in [0, 0.05) is 29.3 Å². The van der Waals surface area contributed by atoms with Gasteiger partial charge in [-0.3, -0.25) is 5.10 Å². The summed E-state index contributed by atoms with van der Waals surface area (Å²) >= 11 is 0. The second kappa shape index (κ2) is 9.19. The Morgan fingerprint density at radius 3 is 2.52 bits per heavy atom. The Labute approximate surface area is 189 Å². The number of fused-ring (bicyclic) bond motifs is 1. The second-order valence-electron chi connectivity index (χ2n) is 8.22. The number of halogens is 3. The smallest absolute Gasteiger partial charge is 0.369 e. The van der Waals surface area contributed by atoms with Crippen LogP contribution in [0.2, 0.25) is 0 Å². The van der Waals surface area contributed by atoms with E-state index in [1.54, 1.807) is 12.1 Å². The Kier molecular flexibility index (Phi) is 6.33. The first-order chi connectivity index (χ1) is 15.7. The van der Waals surface area contributed by atoms with Crippen molar-refractivity contribution in [3.8, 4) is 22.6 Å². The molecule has 0 spiro atoms. The van der Waals surface area contributed by atoms with E-state index >= 15 is 0 Å². The van der Waals surface area contributed by atoms with Crippen LogP contribution in [0.5, 0.6) is 0 Å². The lowest BCUT2D eigenvalue weighted by Crippen LogP contribution is -2.17. The number of H-pyrrole nitrogens is 1. The number of nitrogens with one attached hydrogen (secondary N) is 2. The average molecular weight is 455 g/mol. The Morgan fingerprint density at radius 2 is 1.82 bits per heavy atom. The van der Waals surface area contributed by atoms with Crippen molar-refractivity contribution in [2.45, 2.75) is 19.5 Å². The maximum absolute atomic E-state index is 13.7. The van der Waals surface area contributed by atoms with Gasteiger partial charge in [0.05, 0.1) is 16.8 Å². The number of aromatic amines is 1. The number of alkyl halides is 3. The summed E-state index contributed by atoms with van der Waals surface area (Å²) in [6.45, 7) is 3.51. The third-order valence-electron chi connectivity index (χ3n) is 5.33. The van der Waals surface area contributed by atoms with E-state index in [2.05, 4.69) is 30.4 Å². The second-order valence-corrected chi connectivity index (χ2v) is 8.22. The largest absolute Gasteiger partial charge is 0.416 e. The predicted octanol–water partition coefficient (Wildman–Crippen LogP) is 5.38. The topological polar surface area (TPSA) is 69.7 Å². The summed E-state index contributed by atoms with van der Waals surface area (Å²) in [6, 6.07) is 11.2. The summed E-state index contributed by atoms with van der Waals surface area (Å²) in [6.07, 6.45) is -2.11. The van der Waals surface area contributed by atoms with Crippen LogP contribution in [0.25, 0.3) is 33.5 Å². The fourth-order valence-corrected chi connectivity index (χ4v) is 3.65. The quantitative estimate of drug-likeness (QED) is 0.367. The molecule has 0 aliphatic carbocycles. The Hall–Kier alpha value is -3.46. The van der Waals surface area contributed by atoms with E-state index in [0.29, 0.717) is 29.1 Å². The van der Waals surface area contributed by atoms with Crippen molar-refractivity contribution in [2.75, 3.05) is 32.5 Å². The van der Waals surface area contributed by atoms with E-state index in [4.69, 9.17) is 0 Å². The van der Waals surface area contributed by atoms with Crippen molar-refractivity contribution in [1.82, 2.24) is 25.1 Å². The van der Waals surface area contributed by atoms with E-state index in [1.807, 2.05) is 39.2 Å². The predicted molar refractivity (Wildman–Crippen MR) is 124 cm³/mol. The molecule has 2 heterocycles. The number of anilines is 1. The number of benzene rings is 2. The monoisotopic (exact) mass is 454 g/mol. The first-order valence-electron chi connectivity index (χ1n) is 10.6. The summed E-state index contributed by atoms with van der Waals surface area (Å²) in [5, 5.41) is 10.8. The van der Waals surface area contributed by atoms with Gasteiger partial charge in [-0.15, -0.1) is 0 Å². The number of aryl methyl sites for hydroxylation is 1. The van der Waals surface area contributed by atoms with Crippen molar-refractivity contribution in [3.05, 3.63) is 59.8 Å². The molecular weight excluding hydrogens is 429 g/mol. The highest BCUT2D eigenvalue weighted by atomic mass is 19.4. The van der Waals surface area contributed by atoms with Crippen LogP contribution in [-0.2, 0) is 6.18 Å². The molecule has 0 bridgehead atoms. The van der Waals surface area contributed by atoms with Crippen molar-refractivity contribution >= 4 is 16.7 Å². The van der Waals surface area contributed by atoms with E-state index in [1.165, 1.54) is 6.20 Å². The molecule has 2 N–H and O–H groups in total. The van der Waals surface area contributed by atoms with Crippen molar-refractivity contribution < 1.29 is 13.2 Å². The molecule has 0 fully saturated rings. The zero-order valence-electron chi connectivity index (χ0n) is 18.7. The molecule has 0 amide bonds. The van der Waals surface area contributed by atoms with Gasteiger partial charge in [-0.2, -0.15) is 18.3 Å². The van der Waals surface area contributed by atoms with Crippen LogP contribution >= 0.6 is 0 Å². The van der Waals surface area contributed by atoms with Gasteiger partial charge in [-0.05, 0) is 69.9 Å². The molecule has 2 aromatic carbocycles. The minimum atomic E-state index is -4.51. The normalized spacial score (nSPS) is 12.0. The molecule has 0 aliphatic rings. The Balaban J connectivity index is 1.83. The molecule has 0 aliphatic heterocycles. The van der Waals surface area contributed by atoms with Gasteiger partial charge in [-0.25, -0.2) is 9.97 Å². The highest BCUT2D eigenvalue weighted by molar-refractivity contribution is 5.92. The van der Waals surface area contributed by atoms with Crippen LogP contribution in [0, 0.1) is 6.92 Å². The van der Waals surface area contributed by atoms with Gasteiger partial charge in [0.25, 0.3) is 0 Å². The van der Waals surface area contributed by atoms with Gasteiger partial charge >= 0.3 is 6.18 Å². The highest BCUT2D eigenvalue weighted by Crippen LogP contribution is 2.36. The number of aromatic nitrogens is 4. The van der Waals surface area contributed by atoms with Crippen LogP contribution < -0.4 is 5.32 Å². The lowest BCUT2D eigenvalue weighted by Gasteiger charge is -2.15. The van der Waals surface area contributed by atoms with Crippen LogP contribution in [0.4, 0.5) is 19.0 Å². The van der Waals surface area contributed by atoms with Crippen LogP contribution in [-0.4, -0.2) is 52.3 Å². The third-order valence-corrected chi connectivity index (χ3v) is 5.33. The summed E-state index contributed by atoms with van der Waals surface area (Å²) < 4.78 is 41.1. The van der Waals surface area contributed by atoms with Gasteiger partial charge in [0.2, 0.25) is 0 Å². The summed E-state index contributed by atoms with van der Waals surface area (Å²) in [4.78, 5) is 11.4. The first-order valence-corrected chi connectivity index (χ1v) is 10.6. The number of hydrogen-bond acceptors (Lipinski definition) is 5. The fraction of sp³-hybridized carbons (Fsp3) is 0.292. The number of hydrogen-bond donors (Lipinski definition) is 2. The molecule has 0 unspecified atom stereocenters. The molecule has 9 heteroatoms. The molecule has 2 aromatic heterocycles. The fourth-order valence-electron chi connectivity index (χ4n) is 3.65. The maximum atomic E-state index is 13.7. The lowest BCUT2D eigenvalue weighted by molar-refractivity contribution is -0.137. The number of rotatable bonds is 7. The standard InChI is InChI=1S/C24H25F3N6/c1-15-6-4-7-19-21(15)30-22(31-23(19)28-9-5-11-33(2)3)17-12-16(20-8-10-29-32-20)13-18(14-17)24(25,26)27/h4,6-8,10,12-14H,5,9,11H2,1-3H3,(H,29,32)(H,28,30,31). The molecular formula is C24H25F3N6. The van der Waals surface area contributed by atoms with Crippen LogP contribution in [0.15, 0.2) is 48.7 Å². The van der Waals surface area contributed by atoms with E-state index < -0.39 is 11.7 Å². The highest BCUT2D eigenvalue weighted by Gasteiger charge is 2.32. The lowest BCUT2D eigenvalue weighted by atomic mass is 10.0. The summed E-state index contributed by atoms with van der Waals surface area (Å²) in [7, 11) is 4.01. The molecule has 0 atom stereocenters. The minimum Gasteiger partial charge on any atom is -0.369 e. The van der Waals surface area contributed by atoms with E-state index in [-0.39, 0.29) is 11.4 Å². The SMILES string of the molecule is Cc1cccc2c(NCCCN(C)C)nc(-c3cc(-c4ccn[nH]4)cc(C(F)(F)F)c3)nc12. The molecule has 4 rings (SSSR count). The maximum Gasteiger partial charge on any atom is 0.416 e. The zero-order chi connectivity index (χ0) is 23.6. The van der Waals surface area contributed by atoms with Gasteiger partial charge in [-0.1, -0.05) is 12.1 Å². The molecule has 6 nitrogen and oxygen atoms in total. The molecule has 0 saturated carbocycles. The molecule has 4 aromatic rings. The molecule has 33 heavy (non-hydrogen) atoms. The van der Waals surface area contributed by atoms with Crippen molar-refractivity contribution in [2.24, 2.45) is 0 Å². The van der Waals surface area contributed by atoms with Gasteiger partial charge < -0.3 is 10.2 Å². The van der Waals surface area contributed by atoms with Crippen molar-refractivity contribution in [1.29, 1.82) is 0 Å². The zero-order valence-corrected chi connectivity index (χ0v) is 18.7.